The van der Waals surface area contributed by atoms with Gasteiger partial charge in [-0.1, -0.05) is 13.0 Å². The van der Waals surface area contributed by atoms with Crippen molar-refractivity contribution in [1.29, 1.82) is 0 Å². The Kier molecular flexibility index (Phi) is 5.36. The van der Waals surface area contributed by atoms with Crippen LogP contribution in [0.1, 0.15) is 30.8 Å². The van der Waals surface area contributed by atoms with Crippen molar-refractivity contribution in [2.45, 2.75) is 26.3 Å². The molecule has 1 unspecified atom stereocenters. The lowest BCUT2D eigenvalue weighted by Crippen LogP contribution is -2.32. The van der Waals surface area contributed by atoms with Crippen LogP contribution in [-0.4, -0.2) is 24.0 Å². The van der Waals surface area contributed by atoms with E-state index < -0.39 is 0 Å². The van der Waals surface area contributed by atoms with E-state index in [2.05, 4.69) is 15.6 Å². The number of benzene rings is 1. The van der Waals surface area contributed by atoms with Gasteiger partial charge < -0.3 is 15.4 Å². The molecular formula is C17H21N3O2. The average Bonchev–Trinajstić information content (AvgIpc) is 2.55. The summed E-state index contributed by atoms with van der Waals surface area (Å²) >= 11 is 0. The van der Waals surface area contributed by atoms with Crippen LogP contribution in [0.3, 0.4) is 0 Å². The van der Waals surface area contributed by atoms with Crippen molar-refractivity contribution in [3.63, 3.8) is 0 Å². The molecular weight excluding hydrogens is 278 g/mol. The molecule has 0 saturated carbocycles. The maximum atomic E-state index is 12.0. The molecule has 1 heterocycles. The number of nitrogens with one attached hydrogen (secondary N) is 2. The number of carbonyl (C=O) groups is 1. The van der Waals surface area contributed by atoms with Gasteiger partial charge in [0.25, 0.3) is 5.91 Å². The summed E-state index contributed by atoms with van der Waals surface area (Å²) in [5, 5.41) is 6.11. The van der Waals surface area contributed by atoms with E-state index in [1.54, 1.807) is 19.4 Å². The predicted molar refractivity (Wildman–Crippen MR) is 87.7 cm³/mol. The van der Waals surface area contributed by atoms with Crippen LogP contribution in [0.5, 0.6) is 5.75 Å². The number of carbonyl (C=O) groups excluding carboxylic acids is 1. The fraction of sp³-hybridized carbons (Fsp3) is 0.294. The number of methoxy groups -OCH3 is 1. The highest BCUT2D eigenvalue weighted by Crippen LogP contribution is 2.20. The minimum atomic E-state index is -0.151. The van der Waals surface area contributed by atoms with Crippen LogP contribution in [0.15, 0.2) is 42.6 Å². The Hall–Kier alpha value is -2.56. The Morgan fingerprint density at radius 2 is 2.09 bits per heavy atom. The van der Waals surface area contributed by atoms with Crippen molar-refractivity contribution in [2.24, 2.45) is 0 Å². The lowest BCUT2D eigenvalue weighted by atomic mass is 10.2. The van der Waals surface area contributed by atoms with Gasteiger partial charge in [0.2, 0.25) is 0 Å². The predicted octanol–water partition coefficient (Wildman–Crippen LogP) is 3.36. The summed E-state index contributed by atoms with van der Waals surface area (Å²) in [5.41, 5.74) is 2.13. The van der Waals surface area contributed by atoms with E-state index in [1.807, 2.05) is 44.2 Å². The molecule has 1 aromatic heterocycles. The third kappa shape index (κ3) is 4.22. The third-order valence-electron chi connectivity index (χ3n) is 3.34. The van der Waals surface area contributed by atoms with Gasteiger partial charge >= 0.3 is 0 Å². The molecule has 0 bridgehead atoms. The Balaban J connectivity index is 2.03. The quantitative estimate of drug-likeness (QED) is 0.858. The molecule has 2 rings (SSSR count). The van der Waals surface area contributed by atoms with Gasteiger partial charge in [0.1, 0.15) is 11.4 Å². The number of pyridine rings is 1. The van der Waals surface area contributed by atoms with Crippen LogP contribution >= 0.6 is 0 Å². The monoisotopic (exact) mass is 299 g/mol. The van der Waals surface area contributed by atoms with Gasteiger partial charge in [0.05, 0.1) is 19.0 Å². The molecule has 0 aliphatic rings. The first kappa shape index (κ1) is 15.8. The standard InChI is InChI=1S/C17H21N3O2/c1-4-12(2)19-17(21)16-9-8-14(11-18-16)20-13-6-5-7-15(10-13)22-3/h5-12,20H,4H2,1-3H3,(H,19,21). The van der Waals surface area contributed by atoms with Crippen molar-refractivity contribution >= 4 is 17.3 Å². The molecule has 1 atom stereocenters. The van der Waals surface area contributed by atoms with Crippen molar-refractivity contribution in [3.8, 4) is 5.75 Å². The smallest absolute Gasteiger partial charge is 0.270 e. The van der Waals surface area contributed by atoms with E-state index in [1.165, 1.54) is 0 Å². The Morgan fingerprint density at radius 1 is 1.27 bits per heavy atom. The Labute approximate surface area is 130 Å². The number of hydrogen-bond donors (Lipinski definition) is 2. The second-order valence-corrected chi connectivity index (χ2v) is 5.07. The molecule has 22 heavy (non-hydrogen) atoms. The molecule has 2 aromatic rings. The van der Waals surface area contributed by atoms with Crippen molar-refractivity contribution in [3.05, 3.63) is 48.3 Å². The Morgan fingerprint density at radius 3 is 2.73 bits per heavy atom. The summed E-state index contributed by atoms with van der Waals surface area (Å²) < 4.78 is 5.18. The molecule has 0 aliphatic heterocycles. The lowest BCUT2D eigenvalue weighted by Gasteiger charge is -2.11. The van der Waals surface area contributed by atoms with E-state index in [4.69, 9.17) is 4.74 Å². The van der Waals surface area contributed by atoms with Gasteiger partial charge in [-0.2, -0.15) is 0 Å². The van der Waals surface area contributed by atoms with E-state index in [-0.39, 0.29) is 11.9 Å². The number of nitrogens with zero attached hydrogens (tertiary/aromatic N) is 1. The molecule has 2 N–H and O–H groups in total. The van der Waals surface area contributed by atoms with Crippen LogP contribution in [0.2, 0.25) is 0 Å². The number of rotatable bonds is 6. The van der Waals surface area contributed by atoms with Crippen LogP contribution < -0.4 is 15.4 Å². The van der Waals surface area contributed by atoms with Gasteiger partial charge in [-0.25, -0.2) is 4.98 Å². The highest BCUT2D eigenvalue weighted by atomic mass is 16.5. The summed E-state index contributed by atoms with van der Waals surface area (Å²) in [5.74, 6) is 0.629. The van der Waals surface area contributed by atoms with E-state index in [0.29, 0.717) is 5.69 Å². The highest BCUT2D eigenvalue weighted by Gasteiger charge is 2.09. The molecule has 0 saturated heterocycles. The summed E-state index contributed by atoms with van der Waals surface area (Å²) in [6.07, 6.45) is 2.53. The number of aromatic nitrogens is 1. The normalized spacial score (nSPS) is 11.6. The number of anilines is 2. The molecule has 1 aromatic carbocycles. The van der Waals surface area contributed by atoms with Crippen LogP contribution in [-0.2, 0) is 0 Å². The van der Waals surface area contributed by atoms with Gasteiger partial charge in [-0.3, -0.25) is 4.79 Å². The molecule has 5 heteroatoms. The third-order valence-corrected chi connectivity index (χ3v) is 3.34. The molecule has 0 aliphatic carbocycles. The van der Waals surface area contributed by atoms with Crippen LogP contribution in [0.25, 0.3) is 0 Å². The van der Waals surface area contributed by atoms with Crippen LogP contribution in [0.4, 0.5) is 11.4 Å². The summed E-state index contributed by atoms with van der Waals surface area (Å²) in [4.78, 5) is 16.2. The van der Waals surface area contributed by atoms with Gasteiger partial charge in [0.15, 0.2) is 0 Å². The first-order chi connectivity index (χ1) is 10.6. The highest BCUT2D eigenvalue weighted by molar-refractivity contribution is 5.92. The van der Waals surface area contributed by atoms with Crippen molar-refractivity contribution in [2.75, 3.05) is 12.4 Å². The summed E-state index contributed by atoms with van der Waals surface area (Å²) in [6, 6.07) is 11.3. The van der Waals surface area contributed by atoms with Crippen molar-refractivity contribution < 1.29 is 9.53 Å². The summed E-state index contributed by atoms with van der Waals surface area (Å²) in [6.45, 7) is 4.00. The van der Waals surface area contributed by atoms with Gasteiger partial charge in [0, 0.05) is 17.8 Å². The fourth-order valence-electron chi connectivity index (χ4n) is 1.87. The first-order valence-electron chi connectivity index (χ1n) is 7.30. The molecule has 116 valence electrons. The first-order valence-corrected chi connectivity index (χ1v) is 7.30. The number of hydrogen-bond acceptors (Lipinski definition) is 4. The minimum absolute atomic E-state index is 0.142. The van der Waals surface area contributed by atoms with Crippen molar-refractivity contribution in [1.82, 2.24) is 10.3 Å². The molecule has 5 nitrogen and oxygen atoms in total. The second-order valence-electron chi connectivity index (χ2n) is 5.07. The fourth-order valence-corrected chi connectivity index (χ4v) is 1.87. The lowest BCUT2D eigenvalue weighted by molar-refractivity contribution is 0.0934. The van der Waals surface area contributed by atoms with Crippen LogP contribution in [0, 0.1) is 0 Å². The zero-order valence-corrected chi connectivity index (χ0v) is 13.1. The number of amides is 1. The van der Waals surface area contributed by atoms with Gasteiger partial charge in [-0.05, 0) is 37.6 Å². The zero-order valence-electron chi connectivity index (χ0n) is 13.1. The minimum Gasteiger partial charge on any atom is -0.497 e. The second kappa shape index (κ2) is 7.45. The summed E-state index contributed by atoms with van der Waals surface area (Å²) in [7, 11) is 1.63. The largest absolute Gasteiger partial charge is 0.497 e. The average molecular weight is 299 g/mol. The van der Waals surface area contributed by atoms with Gasteiger partial charge in [-0.15, -0.1) is 0 Å². The number of ether oxygens (including phenoxy) is 1. The van der Waals surface area contributed by atoms with E-state index in [9.17, 15) is 4.79 Å². The maximum Gasteiger partial charge on any atom is 0.270 e. The SMILES string of the molecule is CCC(C)NC(=O)c1ccc(Nc2cccc(OC)c2)cn1. The molecule has 0 radical (unpaired) electrons. The molecule has 0 spiro atoms. The Bertz CT molecular complexity index is 626. The molecule has 1 amide bonds. The van der Waals surface area contributed by atoms with E-state index in [0.717, 1.165) is 23.5 Å². The van der Waals surface area contributed by atoms with E-state index >= 15 is 0 Å². The molecule has 0 fully saturated rings. The maximum absolute atomic E-state index is 12.0. The zero-order chi connectivity index (χ0) is 15.9. The topological polar surface area (TPSA) is 63.2 Å².